The summed E-state index contributed by atoms with van der Waals surface area (Å²) in [5.74, 6) is -0.644. The van der Waals surface area contributed by atoms with Crippen LogP contribution < -0.4 is 4.90 Å². The van der Waals surface area contributed by atoms with Crippen LogP contribution in [0.1, 0.15) is 54.0 Å². The lowest BCUT2D eigenvalue weighted by molar-refractivity contribution is 0.0430. The maximum Gasteiger partial charge on any atom is 0.424 e. The number of carbonyl (C=O) groups excluding carboxylic acids is 2. The molecule has 24 heavy (non-hydrogen) atoms. The molecule has 0 aliphatic heterocycles. The van der Waals surface area contributed by atoms with Gasteiger partial charge in [0.25, 0.3) is 0 Å². The van der Waals surface area contributed by atoms with E-state index in [9.17, 15) is 14.0 Å². The number of aryl methyl sites for hydroxylation is 1. The van der Waals surface area contributed by atoms with Crippen molar-refractivity contribution in [2.75, 3.05) is 4.90 Å². The number of halogens is 1. The van der Waals surface area contributed by atoms with Crippen molar-refractivity contribution < 1.29 is 23.5 Å². The second-order valence-electron chi connectivity index (χ2n) is 7.29. The maximum atomic E-state index is 13.6. The first-order valence-corrected chi connectivity index (χ1v) is 7.74. The van der Waals surface area contributed by atoms with E-state index in [0.717, 1.165) is 11.1 Å². The number of rotatable bonds is 2. The SMILES string of the molecule is CCc1cc(N(C(=O)OC(C)(C)C)C(=O)OC(C)(C)C)cnc1F. The highest BCUT2D eigenvalue weighted by molar-refractivity contribution is 6.09. The molecular formula is C17H25FN2O4. The third-order valence-electron chi connectivity index (χ3n) is 2.69. The van der Waals surface area contributed by atoms with Crippen LogP contribution in [-0.2, 0) is 15.9 Å². The maximum absolute atomic E-state index is 13.6. The van der Waals surface area contributed by atoms with Gasteiger partial charge in [-0.1, -0.05) is 6.92 Å². The molecule has 0 saturated carbocycles. The molecule has 0 fully saturated rings. The molecule has 0 aromatic carbocycles. The first kappa shape index (κ1) is 19.9. The third-order valence-corrected chi connectivity index (χ3v) is 2.69. The predicted octanol–water partition coefficient (Wildman–Crippen LogP) is 4.46. The van der Waals surface area contributed by atoms with Crippen molar-refractivity contribution in [1.29, 1.82) is 0 Å². The van der Waals surface area contributed by atoms with Crippen LogP contribution in [0, 0.1) is 5.95 Å². The smallest absolute Gasteiger partial charge is 0.424 e. The molecule has 0 unspecified atom stereocenters. The van der Waals surface area contributed by atoms with Crippen LogP contribution in [-0.4, -0.2) is 28.4 Å². The van der Waals surface area contributed by atoms with Gasteiger partial charge in [0.05, 0.1) is 11.9 Å². The fourth-order valence-corrected chi connectivity index (χ4v) is 1.75. The molecule has 0 saturated heterocycles. The first-order valence-electron chi connectivity index (χ1n) is 7.74. The number of imide groups is 1. The Labute approximate surface area is 142 Å². The molecule has 0 bridgehead atoms. The number of ether oxygens (including phenoxy) is 2. The molecule has 1 aromatic heterocycles. The van der Waals surface area contributed by atoms with Crippen molar-refractivity contribution in [1.82, 2.24) is 4.98 Å². The number of anilines is 1. The van der Waals surface area contributed by atoms with Crippen molar-refractivity contribution >= 4 is 17.9 Å². The summed E-state index contributed by atoms with van der Waals surface area (Å²) in [5.41, 5.74) is -1.24. The largest absolute Gasteiger partial charge is 0.443 e. The van der Waals surface area contributed by atoms with Crippen molar-refractivity contribution in [2.24, 2.45) is 0 Å². The van der Waals surface area contributed by atoms with E-state index in [2.05, 4.69) is 4.98 Å². The van der Waals surface area contributed by atoms with Gasteiger partial charge in [-0.3, -0.25) is 0 Å². The van der Waals surface area contributed by atoms with E-state index in [1.807, 2.05) is 0 Å². The number of aromatic nitrogens is 1. The first-order chi connectivity index (χ1) is 10.8. The summed E-state index contributed by atoms with van der Waals surface area (Å²) in [6.45, 7) is 11.8. The molecule has 7 heteroatoms. The van der Waals surface area contributed by atoms with Gasteiger partial charge in [-0.25, -0.2) is 14.6 Å². The summed E-state index contributed by atoms with van der Waals surface area (Å²) in [6, 6.07) is 1.39. The zero-order valence-corrected chi connectivity index (χ0v) is 15.3. The number of pyridine rings is 1. The zero-order valence-electron chi connectivity index (χ0n) is 15.3. The molecule has 1 aromatic rings. The van der Waals surface area contributed by atoms with E-state index in [1.54, 1.807) is 48.5 Å². The Hall–Kier alpha value is -2.18. The Morgan fingerprint density at radius 1 is 1.08 bits per heavy atom. The molecule has 0 radical (unpaired) electrons. The minimum Gasteiger partial charge on any atom is -0.443 e. The Kier molecular flexibility index (Phi) is 5.92. The van der Waals surface area contributed by atoms with Crippen LogP contribution in [0.4, 0.5) is 19.7 Å². The molecule has 2 amide bonds. The van der Waals surface area contributed by atoms with E-state index in [-0.39, 0.29) is 11.3 Å². The topological polar surface area (TPSA) is 68.7 Å². The Balaban J connectivity index is 3.27. The second kappa shape index (κ2) is 7.15. The van der Waals surface area contributed by atoms with Crippen LogP contribution in [0.5, 0.6) is 0 Å². The Morgan fingerprint density at radius 2 is 1.54 bits per heavy atom. The monoisotopic (exact) mass is 340 g/mol. The second-order valence-corrected chi connectivity index (χ2v) is 7.29. The highest BCUT2D eigenvalue weighted by Crippen LogP contribution is 2.23. The molecule has 0 N–H and O–H groups in total. The van der Waals surface area contributed by atoms with Gasteiger partial charge in [0, 0.05) is 5.56 Å². The van der Waals surface area contributed by atoms with Crippen molar-refractivity contribution in [2.45, 2.75) is 66.1 Å². The van der Waals surface area contributed by atoms with Crippen molar-refractivity contribution in [3.63, 3.8) is 0 Å². The summed E-state index contributed by atoms with van der Waals surface area (Å²) < 4.78 is 24.1. The van der Waals surface area contributed by atoms with Gasteiger partial charge in [-0.2, -0.15) is 9.29 Å². The molecule has 0 spiro atoms. The number of amides is 2. The lowest BCUT2D eigenvalue weighted by Gasteiger charge is -2.28. The number of hydrogen-bond donors (Lipinski definition) is 0. The van der Waals surface area contributed by atoms with Crippen LogP contribution in [0.3, 0.4) is 0 Å². The Morgan fingerprint density at radius 3 is 1.92 bits per heavy atom. The van der Waals surface area contributed by atoms with E-state index in [1.165, 1.54) is 6.07 Å². The number of nitrogens with zero attached hydrogens (tertiary/aromatic N) is 2. The average molecular weight is 340 g/mol. The summed E-state index contributed by atoms with van der Waals surface area (Å²) >= 11 is 0. The molecule has 0 atom stereocenters. The van der Waals surface area contributed by atoms with Crippen LogP contribution in [0.15, 0.2) is 12.3 Å². The van der Waals surface area contributed by atoms with Gasteiger partial charge in [0.2, 0.25) is 5.95 Å². The molecule has 0 aliphatic carbocycles. The van der Waals surface area contributed by atoms with E-state index >= 15 is 0 Å². The minimum absolute atomic E-state index is 0.0942. The van der Waals surface area contributed by atoms with E-state index < -0.39 is 29.3 Å². The number of hydrogen-bond acceptors (Lipinski definition) is 5. The standard InChI is InChI=1S/C17H25FN2O4/c1-8-11-9-12(10-19-13(11)18)20(14(21)23-16(2,3)4)15(22)24-17(5,6)7/h9-10H,8H2,1-7H3. The lowest BCUT2D eigenvalue weighted by Crippen LogP contribution is -2.44. The van der Waals surface area contributed by atoms with Gasteiger partial charge in [0.1, 0.15) is 11.2 Å². The van der Waals surface area contributed by atoms with Crippen molar-refractivity contribution in [3.05, 3.63) is 23.8 Å². The molecule has 1 rings (SSSR count). The molecule has 134 valence electrons. The summed E-state index contributed by atoms with van der Waals surface area (Å²) in [7, 11) is 0. The normalized spacial score (nSPS) is 11.8. The zero-order chi connectivity index (χ0) is 18.7. The fraction of sp³-hybridized carbons (Fsp3) is 0.588. The van der Waals surface area contributed by atoms with E-state index in [0.29, 0.717) is 6.42 Å². The van der Waals surface area contributed by atoms with Crippen LogP contribution >= 0.6 is 0 Å². The minimum atomic E-state index is -0.910. The van der Waals surface area contributed by atoms with Gasteiger partial charge in [-0.05, 0) is 54.0 Å². The summed E-state index contributed by atoms with van der Waals surface area (Å²) in [5, 5.41) is 0. The summed E-state index contributed by atoms with van der Waals surface area (Å²) in [4.78, 5) is 29.2. The lowest BCUT2D eigenvalue weighted by atomic mass is 10.2. The molecule has 0 aliphatic rings. The highest BCUT2D eigenvalue weighted by Gasteiger charge is 2.33. The third kappa shape index (κ3) is 5.79. The predicted molar refractivity (Wildman–Crippen MR) is 88.5 cm³/mol. The quantitative estimate of drug-likeness (QED) is 0.744. The number of carbonyl (C=O) groups is 2. The van der Waals surface area contributed by atoms with Gasteiger partial charge in [0.15, 0.2) is 0 Å². The van der Waals surface area contributed by atoms with Crippen molar-refractivity contribution in [3.8, 4) is 0 Å². The van der Waals surface area contributed by atoms with Crippen LogP contribution in [0.2, 0.25) is 0 Å². The van der Waals surface area contributed by atoms with Gasteiger partial charge >= 0.3 is 12.2 Å². The van der Waals surface area contributed by atoms with Gasteiger partial charge in [-0.15, -0.1) is 0 Å². The molecular weight excluding hydrogens is 315 g/mol. The molecule has 1 heterocycles. The summed E-state index contributed by atoms with van der Waals surface area (Å²) in [6.07, 6.45) is -0.356. The van der Waals surface area contributed by atoms with E-state index in [4.69, 9.17) is 9.47 Å². The fourth-order valence-electron chi connectivity index (χ4n) is 1.75. The van der Waals surface area contributed by atoms with Crippen LogP contribution in [0.25, 0.3) is 0 Å². The highest BCUT2D eigenvalue weighted by atomic mass is 19.1. The molecule has 6 nitrogen and oxygen atoms in total. The average Bonchev–Trinajstić information content (AvgIpc) is 2.36. The Bertz CT molecular complexity index is 590. The van der Waals surface area contributed by atoms with Gasteiger partial charge < -0.3 is 9.47 Å².